The minimum Gasteiger partial charge on any atom is -0.373 e. The van der Waals surface area contributed by atoms with Crippen molar-refractivity contribution in [3.63, 3.8) is 0 Å². The Balaban J connectivity index is 2.12. The van der Waals surface area contributed by atoms with Gasteiger partial charge in [0, 0.05) is 24.9 Å². The van der Waals surface area contributed by atoms with Crippen LogP contribution >= 0.6 is 0 Å². The van der Waals surface area contributed by atoms with E-state index in [2.05, 4.69) is 25.3 Å². The Labute approximate surface area is 102 Å². The quantitative estimate of drug-likeness (QED) is 0.632. The average Bonchev–Trinajstić information content (AvgIpc) is 2.82. The number of aromatic nitrogens is 4. The van der Waals surface area contributed by atoms with Gasteiger partial charge < -0.3 is 15.3 Å². The first-order valence-electron chi connectivity index (χ1n) is 5.50. The highest BCUT2D eigenvalue weighted by molar-refractivity contribution is 5.77. The van der Waals surface area contributed by atoms with E-state index in [1.165, 1.54) is 6.07 Å². The zero-order chi connectivity index (χ0) is 12.5. The van der Waals surface area contributed by atoms with Gasteiger partial charge in [0.15, 0.2) is 5.65 Å². The second kappa shape index (κ2) is 3.99. The maximum atomic E-state index is 11.0. The van der Waals surface area contributed by atoms with Crippen LogP contribution in [0.2, 0.25) is 0 Å². The molecule has 6 heteroatoms. The fourth-order valence-electron chi connectivity index (χ4n) is 1.73. The molecule has 90 valence electrons. The van der Waals surface area contributed by atoms with Crippen LogP contribution < -0.4 is 10.9 Å². The van der Waals surface area contributed by atoms with E-state index in [9.17, 15) is 4.79 Å². The van der Waals surface area contributed by atoms with E-state index < -0.39 is 0 Å². The molecule has 0 aromatic carbocycles. The molecule has 0 unspecified atom stereocenters. The van der Waals surface area contributed by atoms with Gasteiger partial charge in [-0.05, 0) is 18.2 Å². The van der Waals surface area contributed by atoms with E-state index in [-0.39, 0.29) is 5.56 Å². The average molecular weight is 241 g/mol. The summed E-state index contributed by atoms with van der Waals surface area (Å²) in [5, 5.41) is 2.96. The lowest BCUT2D eigenvalue weighted by Crippen LogP contribution is -2.01. The summed E-state index contributed by atoms with van der Waals surface area (Å²) in [4.78, 5) is 25.5. The third-order valence-corrected chi connectivity index (χ3v) is 2.66. The predicted octanol–water partition coefficient (Wildman–Crippen LogP) is 1.35. The molecule has 0 aliphatic carbocycles. The van der Waals surface area contributed by atoms with Crippen molar-refractivity contribution in [1.82, 2.24) is 19.9 Å². The van der Waals surface area contributed by atoms with E-state index >= 15 is 0 Å². The number of imidazole rings is 1. The second-order valence-corrected chi connectivity index (χ2v) is 3.84. The molecule has 0 atom stereocenters. The van der Waals surface area contributed by atoms with Crippen molar-refractivity contribution in [3.8, 4) is 11.4 Å². The topological polar surface area (TPSA) is 86.5 Å². The molecule has 3 aromatic heterocycles. The molecule has 18 heavy (non-hydrogen) atoms. The molecule has 6 nitrogen and oxygen atoms in total. The number of aromatic amines is 2. The lowest BCUT2D eigenvalue weighted by atomic mass is 10.3. The first-order valence-corrected chi connectivity index (χ1v) is 5.50. The van der Waals surface area contributed by atoms with E-state index in [0.717, 1.165) is 16.9 Å². The Kier molecular flexibility index (Phi) is 2.33. The Morgan fingerprint density at radius 1 is 1.17 bits per heavy atom. The van der Waals surface area contributed by atoms with Gasteiger partial charge in [0.2, 0.25) is 5.56 Å². The maximum absolute atomic E-state index is 11.0. The summed E-state index contributed by atoms with van der Waals surface area (Å²) in [5.41, 5.74) is 2.18. The molecule has 3 rings (SSSR count). The summed E-state index contributed by atoms with van der Waals surface area (Å²) in [6.07, 6.45) is 1.62. The normalized spacial score (nSPS) is 10.7. The van der Waals surface area contributed by atoms with Crippen molar-refractivity contribution in [2.24, 2.45) is 0 Å². The Hall–Kier alpha value is -2.63. The minimum absolute atomic E-state index is 0.134. The van der Waals surface area contributed by atoms with E-state index in [1.54, 1.807) is 12.3 Å². The number of nitrogens with one attached hydrogen (secondary N) is 3. The van der Waals surface area contributed by atoms with Crippen LogP contribution in [0.15, 0.2) is 35.3 Å². The number of rotatable bonds is 2. The van der Waals surface area contributed by atoms with E-state index in [4.69, 9.17) is 0 Å². The largest absolute Gasteiger partial charge is 0.373 e. The molecule has 0 amide bonds. The molecule has 3 heterocycles. The molecule has 0 saturated heterocycles. The number of pyridine rings is 2. The van der Waals surface area contributed by atoms with Gasteiger partial charge in [0.05, 0.1) is 5.52 Å². The summed E-state index contributed by atoms with van der Waals surface area (Å²) < 4.78 is 0. The van der Waals surface area contributed by atoms with Crippen LogP contribution in [0.3, 0.4) is 0 Å². The van der Waals surface area contributed by atoms with E-state index in [0.29, 0.717) is 11.5 Å². The predicted molar refractivity (Wildman–Crippen MR) is 69.5 cm³/mol. The van der Waals surface area contributed by atoms with Gasteiger partial charge in [0.1, 0.15) is 11.6 Å². The van der Waals surface area contributed by atoms with Crippen molar-refractivity contribution < 1.29 is 0 Å². The van der Waals surface area contributed by atoms with Crippen molar-refractivity contribution in [3.05, 3.63) is 40.8 Å². The van der Waals surface area contributed by atoms with Crippen LogP contribution in [0.4, 0.5) is 5.82 Å². The third-order valence-electron chi connectivity index (χ3n) is 2.66. The van der Waals surface area contributed by atoms with Crippen LogP contribution in [0.5, 0.6) is 0 Å². The van der Waals surface area contributed by atoms with Gasteiger partial charge in [-0.3, -0.25) is 4.79 Å². The summed E-state index contributed by atoms with van der Waals surface area (Å²) >= 11 is 0. The van der Waals surface area contributed by atoms with Gasteiger partial charge in [-0.2, -0.15) is 0 Å². The maximum Gasteiger partial charge on any atom is 0.247 e. The number of hydrogen-bond donors (Lipinski definition) is 3. The Bertz CT molecular complexity index is 738. The summed E-state index contributed by atoms with van der Waals surface area (Å²) in [6.45, 7) is 0. The fraction of sp³-hybridized carbons (Fsp3) is 0.0833. The minimum atomic E-state index is -0.134. The Morgan fingerprint density at radius 2 is 2.06 bits per heavy atom. The van der Waals surface area contributed by atoms with Crippen LogP contribution in [-0.4, -0.2) is 27.0 Å². The van der Waals surface area contributed by atoms with Gasteiger partial charge in [-0.25, -0.2) is 9.97 Å². The van der Waals surface area contributed by atoms with E-state index in [1.807, 2.05) is 19.2 Å². The first kappa shape index (κ1) is 10.5. The number of hydrogen-bond acceptors (Lipinski definition) is 4. The second-order valence-electron chi connectivity index (χ2n) is 3.84. The Morgan fingerprint density at radius 3 is 2.78 bits per heavy atom. The molecule has 0 bridgehead atoms. The van der Waals surface area contributed by atoms with Crippen LogP contribution in [-0.2, 0) is 0 Å². The highest BCUT2D eigenvalue weighted by Gasteiger charge is 2.06. The summed E-state index contributed by atoms with van der Waals surface area (Å²) in [6, 6.07) is 6.97. The van der Waals surface area contributed by atoms with Crippen LogP contribution in [0, 0.1) is 0 Å². The van der Waals surface area contributed by atoms with Gasteiger partial charge in [-0.1, -0.05) is 0 Å². The summed E-state index contributed by atoms with van der Waals surface area (Å²) in [5.74, 6) is 1.45. The van der Waals surface area contributed by atoms with Crippen molar-refractivity contribution in [1.29, 1.82) is 0 Å². The van der Waals surface area contributed by atoms with Gasteiger partial charge in [0.25, 0.3) is 0 Å². The number of anilines is 1. The SMILES string of the molecule is CNc1ccc2[nH]c(-c3ccc(=O)[nH]c3)nc2n1. The zero-order valence-corrected chi connectivity index (χ0v) is 9.69. The third kappa shape index (κ3) is 1.73. The molecule has 0 radical (unpaired) electrons. The lowest BCUT2D eigenvalue weighted by Gasteiger charge is -1.95. The fourth-order valence-corrected chi connectivity index (χ4v) is 1.73. The van der Waals surface area contributed by atoms with Gasteiger partial charge >= 0.3 is 0 Å². The molecule has 0 saturated carbocycles. The highest BCUT2D eigenvalue weighted by atomic mass is 16.1. The molecule has 3 N–H and O–H groups in total. The van der Waals surface area contributed by atoms with Crippen molar-refractivity contribution in [2.45, 2.75) is 0 Å². The molecule has 0 aliphatic heterocycles. The van der Waals surface area contributed by atoms with Crippen LogP contribution in [0.25, 0.3) is 22.6 Å². The smallest absolute Gasteiger partial charge is 0.247 e. The molecular weight excluding hydrogens is 230 g/mol. The standard InChI is InChI=1S/C12H11N5O/c1-13-9-4-3-8-12(16-9)17-11(15-8)7-2-5-10(18)14-6-7/h2-6H,1H3,(H,14,18)(H2,13,15,16,17). The highest BCUT2D eigenvalue weighted by Crippen LogP contribution is 2.19. The van der Waals surface area contributed by atoms with Gasteiger partial charge in [-0.15, -0.1) is 0 Å². The molecule has 0 spiro atoms. The lowest BCUT2D eigenvalue weighted by molar-refractivity contribution is 1.21. The number of H-pyrrole nitrogens is 2. The molecule has 0 aliphatic rings. The molecular formula is C12H11N5O. The number of fused-ring (bicyclic) bond motifs is 1. The van der Waals surface area contributed by atoms with Crippen LogP contribution in [0.1, 0.15) is 0 Å². The van der Waals surface area contributed by atoms with Crippen molar-refractivity contribution in [2.75, 3.05) is 12.4 Å². The molecule has 0 fully saturated rings. The number of nitrogens with zero attached hydrogens (tertiary/aromatic N) is 2. The zero-order valence-electron chi connectivity index (χ0n) is 9.69. The first-order chi connectivity index (χ1) is 8.76. The van der Waals surface area contributed by atoms with Crippen molar-refractivity contribution >= 4 is 17.0 Å². The monoisotopic (exact) mass is 241 g/mol. The summed E-state index contributed by atoms with van der Waals surface area (Å²) in [7, 11) is 1.81. The molecule has 3 aromatic rings.